The zero-order valence-corrected chi connectivity index (χ0v) is 12.9. The van der Waals surface area contributed by atoms with Crippen molar-refractivity contribution in [1.82, 2.24) is 15.1 Å². The average molecular weight is 275 g/mol. The number of nitrogens with zero attached hydrogens (tertiary/aromatic N) is 2. The van der Waals surface area contributed by atoms with Crippen molar-refractivity contribution in [1.29, 1.82) is 0 Å². The van der Waals surface area contributed by atoms with Gasteiger partial charge in [-0.2, -0.15) is 5.10 Å². The highest BCUT2D eigenvalue weighted by Crippen LogP contribution is 2.21. The Balaban J connectivity index is 2.08. The topological polar surface area (TPSA) is 43.0 Å². The van der Waals surface area contributed by atoms with Crippen LogP contribution in [0.4, 0.5) is 0 Å². The Morgan fingerprint density at radius 3 is 2.65 bits per heavy atom. The van der Waals surface area contributed by atoms with Crippen LogP contribution in [-0.2, 0) is 6.42 Å². The van der Waals surface area contributed by atoms with E-state index in [1.54, 1.807) is 0 Å². The Bertz CT molecular complexity index is 525. The Hall–Kier alpha value is -1.55. The standard InChI is InChI=1S/C16H25N3O/c1-5-15(6-2)19-8-7-14(18-19)10-16(17-4)13-9-12(3)20-11-13/h7-9,11,15-17H,5-6,10H2,1-4H3. The normalized spacial score (nSPS) is 13.1. The number of nitrogens with one attached hydrogen (secondary N) is 1. The van der Waals surface area contributed by atoms with E-state index in [1.807, 2.05) is 20.2 Å². The molecule has 0 fully saturated rings. The predicted molar refractivity (Wildman–Crippen MR) is 80.8 cm³/mol. The molecule has 0 saturated carbocycles. The number of likely N-dealkylation sites (N-methyl/N-ethyl adjacent to an activating group) is 1. The summed E-state index contributed by atoms with van der Waals surface area (Å²) in [5, 5.41) is 8.06. The number of rotatable bonds is 7. The van der Waals surface area contributed by atoms with Crippen LogP contribution in [0.2, 0.25) is 0 Å². The van der Waals surface area contributed by atoms with Crippen LogP contribution in [0.5, 0.6) is 0 Å². The molecule has 20 heavy (non-hydrogen) atoms. The largest absolute Gasteiger partial charge is 0.469 e. The summed E-state index contributed by atoms with van der Waals surface area (Å²) in [7, 11) is 1.98. The van der Waals surface area contributed by atoms with E-state index in [1.165, 1.54) is 5.56 Å². The first kappa shape index (κ1) is 14.9. The Kier molecular flexibility index (Phi) is 5.01. The van der Waals surface area contributed by atoms with Gasteiger partial charge in [-0.1, -0.05) is 13.8 Å². The molecule has 0 saturated heterocycles. The van der Waals surface area contributed by atoms with Gasteiger partial charge >= 0.3 is 0 Å². The van der Waals surface area contributed by atoms with Crippen molar-refractivity contribution < 1.29 is 4.42 Å². The first-order chi connectivity index (χ1) is 9.67. The van der Waals surface area contributed by atoms with Gasteiger partial charge in [-0.25, -0.2) is 0 Å². The van der Waals surface area contributed by atoms with Gasteiger partial charge in [0.15, 0.2) is 0 Å². The van der Waals surface area contributed by atoms with Crippen molar-refractivity contribution in [2.75, 3.05) is 7.05 Å². The summed E-state index contributed by atoms with van der Waals surface area (Å²) >= 11 is 0. The molecule has 2 aromatic heterocycles. The highest BCUT2D eigenvalue weighted by molar-refractivity contribution is 5.18. The minimum Gasteiger partial charge on any atom is -0.469 e. The molecular weight excluding hydrogens is 250 g/mol. The summed E-state index contributed by atoms with van der Waals surface area (Å²) in [6.07, 6.45) is 7.04. The van der Waals surface area contributed by atoms with Gasteiger partial charge in [0.05, 0.1) is 18.0 Å². The first-order valence-electron chi connectivity index (χ1n) is 7.44. The molecule has 2 heterocycles. The Labute approximate surface area is 121 Å². The summed E-state index contributed by atoms with van der Waals surface area (Å²) in [5.74, 6) is 0.947. The Morgan fingerprint density at radius 2 is 2.10 bits per heavy atom. The summed E-state index contributed by atoms with van der Waals surface area (Å²) in [4.78, 5) is 0. The van der Waals surface area contributed by atoms with E-state index in [2.05, 4.69) is 42.2 Å². The molecule has 2 rings (SSSR count). The fraction of sp³-hybridized carbons (Fsp3) is 0.562. The molecule has 0 radical (unpaired) electrons. The molecule has 0 aliphatic carbocycles. The number of hydrogen-bond donors (Lipinski definition) is 1. The van der Waals surface area contributed by atoms with E-state index < -0.39 is 0 Å². The van der Waals surface area contributed by atoms with Crippen LogP contribution in [0, 0.1) is 6.92 Å². The fourth-order valence-electron chi connectivity index (χ4n) is 2.59. The van der Waals surface area contributed by atoms with E-state index in [0.29, 0.717) is 6.04 Å². The lowest BCUT2D eigenvalue weighted by Crippen LogP contribution is -2.18. The Morgan fingerprint density at radius 1 is 1.35 bits per heavy atom. The van der Waals surface area contributed by atoms with Gasteiger partial charge in [0.25, 0.3) is 0 Å². The molecule has 0 aliphatic rings. The van der Waals surface area contributed by atoms with Gasteiger partial charge < -0.3 is 9.73 Å². The number of aromatic nitrogens is 2. The summed E-state index contributed by atoms with van der Waals surface area (Å²) < 4.78 is 7.50. The maximum Gasteiger partial charge on any atom is 0.101 e. The highest BCUT2D eigenvalue weighted by Gasteiger charge is 2.15. The van der Waals surface area contributed by atoms with Gasteiger partial charge in [-0.3, -0.25) is 4.68 Å². The van der Waals surface area contributed by atoms with E-state index in [-0.39, 0.29) is 6.04 Å². The second kappa shape index (κ2) is 6.75. The molecule has 0 bridgehead atoms. The fourth-order valence-corrected chi connectivity index (χ4v) is 2.59. The molecule has 0 aromatic carbocycles. The lowest BCUT2D eigenvalue weighted by Gasteiger charge is -2.14. The van der Waals surface area contributed by atoms with Crippen molar-refractivity contribution in [3.8, 4) is 0 Å². The third kappa shape index (κ3) is 3.31. The molecule has 0 amide bonds. The van der Waals surface area contributed by atoms with Gasteiger partial charge in [-0.05, 0) is 38.9 Å². The quantitative estimate of drug-likeness (QED) is 0.838. The van der Waals surface area contributed by atoms with Gasteiger partial charge in [0, 0.05) is 24.2 Å². The number of aryl methyl sites for hydroxylation is 1. The maximum absolute atomic E-state index is 5.40. The average Bonchev–Trinajstić information content (AvgIpc) is 3.07. The zero-order valence-electron chi connectivity index (χ0n) is 12.9. The van der Waals surface area contributed by atoms with Gasteiger partial charge in [0.2, 0.25) is 0 Å². The van der Waals surface area contributed by atoms with E-state index in [9.17, 15) is 0 Å². The first-order valence-corrected chi connectivity index (χ1v) is 7.44. The minimum absolute atomic E-state index is 0.248. The smallest absolute Gasteiger partial charge is 0.101 e. The molecule has 1 unspecified atom stereocenters. The third-order valence-corrected chi connectivity index (χ3v) is 3.90. The van der Waals surface area contributed by atoms with Crippen LogP contribution < -0.4 is 5.32 Å². The molecule has 110 valence electrons. The molecule has 1 atom stereocenters. The molecule has 1 N–H and O–H groups in total. The summed E-state index contributed by atoms with van der Waals surface area (Å²) in [6.45, 7) is 6.39. The van der Waals surface area contributed by atoms with Crippen LogP contribution in [-0.4, -0.2) is 16.8 Å². The van der Waals surface area contributed by atoms with Crippen LogP contribution in [0.15, 0.2) is 29.0 Å². The zero-order chi connectivity index (χ0) is 14.5. The molecular formula is C16H25N3O. The minimum atomic E-state index is 0.248. The number of furan rings is 1. The van der Waals surface area contributed by atoms with Crippen molar-refractivity contribution >= 4 is 0 Å². The maximum atomic E-state index is 5.40. The molecule has 2 aromatic rings. The van der Waals surface area contributed by atoms with E-state index in [0.717, 1.165) is 30.7 Å². The van der Waals surface area contributed by atoms with E-state index in [4.69, 9.17) is 9.52 Å². The lowest BCUT2D eigenvalue weighted by molar-refractivity contribution is 0.423. The summed E-state index contributed by atoms with van der Waals surface area (Å²) in [5.41, 5.74) is 2.30. The second-order valence-electron chi connectivity index (χ2n) is 5.29. The van der Waals surface area contributed by atoms with Crippen molar-refractivity contribution in [3.05, 3.63) is 41.6 Å². The van der Waals surface area contributed by atoms with Crippen LogP contribution in [0.25, 0.3) is 0 Å². The van der Waals surface area contributed by atoms with Gasteiger partial charge in [0.1, 0.15) is 5.76 Å². The third-order valence-electron chi connectivity index (χ3n) is 3.90. The second-order valence-corrected chi connectivity index (χ2v) is 5.29. The molecule has 4 heteroatoms. The molecule has 4 nitrogen and oxygen atoms in total. The SMILES string of the molecule is CCC(CC)n1ccc(CC(NC)c2coc(C)c2)n1. The van der Waals surface area contributed by atoms with Crippen LogP contribution >= 0.6 is 0 Å². The van der Waals surface area contributed by atoms with Gasteiger partial charge in [-0.15, -0.1) is 0 Å². The van der Waals surface area contributed by atoms with Crippen molar-refractivity contribution in [2.24, 2.45) is 0 Å². The van der Waals surface area contributed by atoms with Crippen LogP contribution in [0.3, 0.4) is 0 Å². The lowest BCUT2D eigenvalue weighted by atomic mass is 10.1. The number of hydrogen-bond acceptors (Lipinski definition) is 3. The highest BCUT2D eigenvalue weighted by atomic mass is 16.3. The molecule has 0 spiro atoms. The van der Waals surface area contributed by atoms with Crippen LogP contribution in [0.1, 0.15) is 55.8 Å². The summed E-state index contributed by atoms with van der Waals surface area (Å²) in [6, 6.07) is 4.96. The van der Waals surface area contributed by atoms with Crippen molar-refractivity contribution in [2.45, 2.75) is 52.1 Å². The molecule has 0 aliphatic heterocycles. The van der Waals surface area contributed by atoms with E-state index >= 15 is 0 Å². The monoisotopic (exact) mass is 275 g/mol. The van der Waals surface area contributed by atoms with Crippen molar-refractivity contribution in [3.63, 3.8) is 0 Å². The predicted octanol–water partition coefficient (Wildman–Crippen LogP) is 3.65.